The first-order valence-electron chi connectivity index (χ1n) is 6.09. The average Bonchev–Trinajstić information content (AvgIpc) is 2.37. The fourth-order valence-electron chi connectivity index (χ4n) is 1.58. The van der Waals surface area contributed by atoms with E-state index in [-0.39, 0.29) is 11.2 Å². The molecule has 19 heavy (non-hydrogen) atoms. The standard InChI is InChI=1S/C14H19NO3S/c1-9(19-3)7-13(16)15-12-6-4-5-11(8-12)10(2)14(17)18/h4-6,8-10H,7H2,1-3H3,(H,15,16)(H,17,18). The van der Waals surface area contributed by atoms with Crippen molar-refractivity contribution in [2.24, 2.45) is 0 Å². The van der Waals surface area contributed by atoms with Gasteiger partial charge >= 0.3 is 5.97 Å². The van der Waals surface area contributed by atoms with E-state index in [1.165, 1.54) is 0 Å². The van der Waals surface area contributed by atoms with Crippen LogP contribution in [0.5, 0.6) is 0 Å². The maximum absolute atomic E-state index is 11.8. The largest absolute Gasteiger partial charge is 0.481 e. The molecule has 0 saturated carbocycles. The van der Waals surface area contributed by atoms with Gasteiger partial charge in [-0.1, -0.05) is 19.1 Å². The van der Waals surface area contributed by atoms with Crippen LogP contribution < -0.4 is 5.32 Å². The Hall–Kier alpha value is -1.49. The summed E-state index contributed by atoms with van der Waals surface area (Å²) in [4.78, 5) is 22.7. The first kappa shape index (κ1) is 15.6. The number of amides is 1. The third-order valence-electron chi connectivity index (χ3n) is 2.92. The number of hydrogen-bond acceptors (Lipinski definition) is 3. The van der Waals surface area contributed by atoms with Crippen LogP contribution in [0.2, 0.25) is 0 Å². The second-order valence-corrected chi connectivity index (χ2v) is 5.76. The Balaban J connectivity index is 2.72. The SMILES string of the molecule is CSC(C)CC(=O)Nc1cccc(C(C)C(=O)O)c1. The molecule has 0 radical (unpaired) electrons. The highest BCUT2D eigenvalue weighted by Gasteiger charge is 2.14. The van der Waals surface area contributed by atoms with Gasteiger partial charge in [0, 0.05) is 17.4 Å². The fourth-order valence-corrected chi connectivity index (χ4v) is 1.90. The second kappa shape index (κ2) is 7.19. The Kier molecular flexibility index (Phi) is 5.89. The van der Waals surface area contributed by atoms with Gasteiger partial charge in [-0.25, -0.2) is 0 Å². The lowest BCUT2D eigenvalue weighted by Gasteiger charge is -2.11. The molecule has 0 aromatic heterocycles. The Morgan fingerprint density at radius 3 is 2.63 bits per heavy atom. The van der Waals surface area contributed by atoms with E-state index in [0.29, 0.717) is 17.7 Å². The van der Waals surface area contributed by atoms with E-state index < -0.39 is 11.9 Å². The van der Waals surface area contributed by atoms with Crippen molar-refractivity contribution in [3.8, 4) is 0 Å². The Bertz CT molecular complexity index is 462. The van der Waals surface area contributed by atoms with Crippen molar-refractivity contribution in [3.63, 3.8) is 0 Å². The Labute approximate surface area is 117 Å². The van der Waals surface area contributed by atoms with Crippen molar-refractivity contribution < 1.29 is 14.7 Å². The topological polar surface area (TPSA) is 66.4 Å². The van der Waals surface area contributed by atoms with Gasteiger partial charge < -0.3 is 10.4 Å². The van der Waals surface area contributed by atoms with Gasteiger partial charge in [0.1, 0.15) is 0 Å². The molecule has 0 saturated heterocycles. The molecule has 0 aliphatic heterocycles. The molecule has 1 aromatic rings. The number of carboxylic acids is 1. The van der Waals surface area contributed by atoms with Crippen LogP contribution in [0.25, 0.3) is 0 Å². The summed E-state index contributed by atoms with van der Waals surface area (Å²) in [6.07, 6.45) is 2.41. The first-order valence-corrected chi connectivity index (χ1v) is 7.38. The molecule has 0 aliphatic rings. The van der Waals surface area contributed by atoms with Crippen LogP contribution in [0, 0.1) is 0 Å². The van der Waals surface area contributed by atoms with Crippen molar-refractivity contribution in [1.29, 1.82) is 0 Å². The lowest BCUT2D eigenvalue weighted by Crippen LogP contribution is -2.16. The molecule has 5 heteroatoms. The normalized spacial score (nSPS) is 13.6. The number of rotatable bonds is 6. The molecule has 0 aliphatic carbocycles. The van der Waals surface area contributed by atoms with Crippen LogP contribution in [0.1, 0.15) is 31.7 Å². The molecule has 0 spiro atoms. The van der Waals surface area contributed by atoms with E-state index in [9.17, 15) is 9.59 Å². The number of carbonyl (C=O) groups is 2. The molecule has 0 bridgehead atoms. The first-order chi connectivity index (χ1) is 8.93. The lowest BCUT2D eigenvalue weighted by molar-refractivity contribution is -0.138. The van der Waals surface area contributed by atoms with Crippen LogP contribution in [0.15, 0.2) is 24.3 Å². The monoisotopic (exact) mass is 281 g/mol. The smallest absolute Gasteiger partial charge is 0.310 e. The Morgan fingerprint density at radius 2 is 2.05 bits per heavy atom. The van der Waals surface area contributed by atoms with Gasteiger partial charge in [-0.15, -0.1) is 0 Å². The van der Waals surface area contributed by atoms with Gasteiger partial charge in [-0.05, 0) is 30.9 Å². The molecule has 0 heterocycles. The zero-order valence-electron chi connectivity index (χ0n) is 11.3. The third kappa shape index (κ3) is 4.95. The van der Waals surface area contributed by atoms with Gasteiger partial charge in [-0.3, -0.25) is 9.59 Å². The van der Waals surface area contributed by atoms with Crippen molar-refractivity contribution in [3.05, 3.63) is 29.8 Å². The number of benzene rings is 1. The van der Waals surface area contributed by atoms with Crippen LogP contribution >= 0.6 is 11.8 Å². The predicted octanol–water partition coefficient (Wildman–Crippen LogP) is 2.95. The zero-order valence-corrected chi connectivity index (χ0v) is 12.2. The number of anilines is 1. The van der Waals surface area contributed by atoms with E-state index in [1.807, 2.05) is 13.2 Å². The van der Waals surface area contributed by atoms with E-state index in [1.54, 1.807) is 43.0 Å². The van der Waals surface area contributed by atoms with Gasteiger partial charge in [-0.2, -0.15) is 11.8 Å². The summed E-state index contributed by atoms with van der Waals surface area (Å²) in [6, 6.07) is 6.97. The molecule has 2 N–H and O–H groups in total. The van der Waals surface area contributed by atoms with Crippen LogP contribution in [-0.2, 0) is 9.59 Å². The van der Waals surface area contributed by atoms with Crippen molar-refractivity contribution >= 4 is 29.3 Å². The van der Waals surface area contributed by atoms with E-state index >= 15 is 0 Å². The molecule has 1 aromatic carbocycles. The summed E-state index contributed by atoms with van der Waals surface area (Å²) in [7, 11) is 0. The highest BCUT2D eigenvalue weighted by atomic mass is 32.2. The lowest BCUT2D eigenvalue weighted by atomic mass is 10.0. The summed E-state index contributed by atoms with van der Waals surface area (Å²) in [6.45, 7) is 3.62. The van der Waals surface area contributed by atoms with Crippen LogP contribution in [-0.4, -0.2) is 28.5 Å². The van der Waals surface area contributed by atoms with E-state index in [0.717, 1.165) is 0 Å². The van der Waals surface area contributed by atoms with Crippen LogP contribution in [0.4, 0.5) is 5.69 Å². The van der Waals surface area contributed by atoms with Crippen molar-refractivity contribution in [2.45, 2.75) is 31.4 Å². The number of carboxylic acid groups (broad SMARTS) is 1. The predicted molar refractivity (Wildman–Crippen MR) is 78.7 cm³/mol. The molecule has 1 rings (SSSR count). The summed E-state index contributed by atoms with van der Waals surface area (Å²) in [5.41, 5.74) is 1.33. The summed E-state index contributed by atoms with van der Waals surface area (Å²) in [5, 5.41) is 12.0. The number of aliphatic carboxylic acids is 1. The number of thioether (sulfide) groups is 1. The van der Waals surface area contributed by atoms with Gasteiger partial charge in [0.2, 0.25) is 5.91 Å². The molecule has 4 nitrogen and oxygen atoms in total. The molecule has 2 atom stereocenters. The average molecular weight is 281 g/mol. The third-order valence-corrected chi connectivity index (χ3v) is 3.89. The van der Waals surface area contributed by atoms with Crippen LogP contribution in [0.3, 0.4) is 0 Å². The summed E-state index contributed by atoms with van der Waals surface area (Å²) in [5.74, 6) is -1.51. The maximum Gasteiger partial charge on any atom is 0.310 e. The van der Waals surface area contributed by atoms with Crippen molar-refractivity contribution in [1.82, 2.24) is 0 Å². The van der Waals surface area contributed by atoms with Gasteiger partial charge in [0.15, 0.2) is 0 Å². The maximum atomic E-state index is 11.8. The molecule has 104 valence electrons. The fraction of sp³-hybridized carbons (Fsp3) is 0.429. The minimum absolute atomic E-state index is 0.0537. The molecular formula is C14H19NO3S. The number of carbonyl (C=O) groups excluding carboxylic acids is 1. The van der Waals surface area contributed by atoms with Gasteiger partial charge in [0.05, 0.1) is 5.92 Å². The minimum Gasteiger partial charge on any atom is -0.481 e. The van der Waals surface area contributed by atoms with E-state index in [4.69, 9.17) is 5.11 Å². The highest BCUT2D eigenvalue weighted by molar-refractivity contribution is 7.99. The molecule has 1 amide bonds. The number of nitrogens with one attached hydrogen (secondary N) is 1. The summed E-state index contributed by atoms with van der Waals surface area (Å²) >= 11 is 1.64. The molecule has 0 fully saturated rings. The minimum atomic E-state index is -0.875. The second-order valence-electron chi connectivity index (χ2n) is 4.48. The van der Waals surface area contributed by atoms with E-state index in [2.05, 4.69) is 5.32 Å². The summed E-state index contributed by atoms with van der Waals surface area (Å²) < 4.78 is 0. The van der Waals surface area contributed by atoms with Gasteiger partial charge in [0.25, 0.3) is 0 Å². The Morgan fingerprint density at radius 1 is 1.37 bits per heavy atom. The van der Waals surface area contributed by atoms with Crippen molar-refractivity contribution in [2.75, 3.05) is 11.6 Å². The highest BCUT2D eigenvalue weighted by Crippen LogP contribution is 2.20. The molecule has 2 unspecified atom stereocenters. The molecular weight excluding hydrogens is 262 g/mol. The zero-order chi connectivity index (χ0) is 14.4. The quantitative estimate of drug-likeness (QED) is 0.841. The number of hydrogen-bond donors (Lipinski definition) is 2.